The van der Waals surface area contributed by atoms with Crippen molar-refractivity contribution in [2.45, 2.75) is 11.2 Å². The van der Waals surface area contributed by atoms with Gasteiger partial charge in [0.2, 0.25) is 5.78 Å². The van der Waals surface area contributed by atoms with Gasteiger partial charge in [-0.3, -0.25) is 4.79 Å². The summed E-state index contributed by atoms with van der Waals surface area (Å²) in [6, 6.07) is 0. The number of morpholine rings is 2. The van der Waals surface area contributed by atoms with Gasteiger partial charge >= 0.3 is 0 Å². The van der Waals surface area contributed by atoms with Crippen LogP contribution in [0.2, 0.25) is 0 Å². The highest BCUT2D eigenvalue weighted by atomic mass is 16.5. The monoisotopic (exact) mass is 260 g/mol. The largest absolute Gasteiger partial charge is 0.393 e. The van der Waals surface area contributed by atoms with Crippen molar-refractivity contribution in [1.82, 2.24) is 10.6 Å². The standard InChI is InChI=1S/C11H20N2O5/c14-7-10(5-12-1-3-17-10)9(16)11(8-15)6-13-2-4-18-11/h12-15H,1-8H2. The molecule has 0 radical (unpaired) electrons. The first-order valence-corrected chi connectivity index (χ1v) is 6.15. The topological polar surface area (TPSA) is 100 Å². The first-order chi connectivity index (χ1) is 8.69. The maximum Gasteiger partial charge on any atom is 0.203 e. The fourth-order valence-corrected chi connectivity index (χ4v) is 2.37. The third-order valence-electron chi connectivity index (χ3n) is 3.47. The van der Waals surface area contributed by atoms with Crippen molar-refractivity contribution in [3.8, 4) is 0 Å². The quantitative estimate of drug-likeness (QED) is 0.435. The highest BCUT2D eigenvalue weighted by Crippen LogP contribution is 2.25. The molecule has 0 spiro atoms. The molecule has 0 aromatic rings. The van der Waals surface area contributed by atoms with Gasteiger partial charge < -0.3 is 30.3 Å². The number of hydrogen-bond donors (Lipinski definition) is 4. The zero-order valence-electron chi connectivity index (χ0n) is 10.3. The Morgan fingerprint density at radius 3 is 1.72 bits per heavy atom. The van der Waals surface area contributed by atoms with E-state index in [1.165, 1.54) is 0 Å². The van der Waals surface area contributed by atoms with E-state index in [1.54, 1.807) is 0 Å². The third kappa shape index (κ3) is 2.29. The normalized spacial score (nSPS) is 37.4. The van der Waals surface area contributed by atoms with E-state index in [-0.39, 0.29) is 13.1 Å². The Balaban J connectivity index is 2.20. The molecule has 2 atom stereocenters. The van der Waals surface area contributed by atoms with Gasteiger partial charge in [0.1, 0.15) is 0 Å². The van der Waals surface area contributed by atoms with Crippen LogP contribution in [0.3, 0.4) is 0 Å². The molecule has 2 heterocycles. The summed E-state index contributed by atoms with van der Waals surface area (Å²) >= 11 is 0. The lowest BCUT2D eigenvalue weighted by Gasteiger charge is -2.43. The lowest BCUT2D eigenvalue weighted by atomic mass is 9.84. The SMILES string of the molecule is O=C(C1(CO)CNCCO1)C1(CO)CNCCO1. The van der Waals surface area contributed by atoms with E-state index < -0.39 is 30.2 Å². The lowest BCUT2D eigenvalue weighted by molar-refractivity contribution is -0.187. The Morgan fingerprint density at radius 1 is 1.00 bits per heavy atom. The molecule has 2 unspecified atom stereocenters. The summed E-state index contributed by atoms with van der Waals surface area (Å²) in [6.45, 7) is 1.58. The first kappa shape index (κ1) is 13.9. The van der Waals surface area contributed by atoms with Gasteiger partial charge in [0.15, 0.2) is 11.2 Å². The molecule has 2 rings (SSSR count). The fraction of sp³-hybridized carbons (Fsp3) is 0.909. The van der Waals surface area contributed by atoms with Gasteiger partial charge in [0, 0.05) is 26.2 Å². The summed E-state index contributed by atoms with van der Waals surface area (Å²) < 4.78 is 11.0. The number of carbonyl (C=O) groups excluding carboxylic acids is 1. The maximum absolute atomic E-state index is 12.6. The molecule has 18 heavy (non-hydrogen) atoms. The summed E-state index contributed by atoms with van der Waals surface area (Å²) in [5, 5.41) is 25.1. The summed E-state index contributed by atoms with van der Waals surface area (Å²) in [7, 11) is 0. The van der Waals surface area contributed by atoms with Crippen LogP contribution in [-0.4, -0.2) is 79.8 Å². The Hall–Kier alpha value is -0.570. The molecule has 7 heteroatoms. The molecule has 2 saturated heterocycles. The van der Waals surface area contributed by atoms with Crippen LogP contribution in [0.15, 0.2) is 0 Å². The minimum atomic E-state index is -1.32. The molecular weight excluding hydrogens is 240 g/mol. The van der Waals surface area contributed by atoms with E-state index in [0.29, 0.717) is 26.3 Å². The Morgan fingerprint density at radius 2 is 1.44 bits per heavy atom. The van der Waals surface area contributed by atoms with Gasteiger partial charge in [-0.1, -0.05) is 0 Å². The molecule has 0 aliphatic carbocycles. The number of aliphatic hydroxyl groups excluding tert-OH is 2. The molecule has 0 aromatic carbocycles. The average molecular weight is 260 g/mol. The minimum Gasteiger partial charge on any atom is -0.393 e. The predicted octanol–water partition coefficient (Wildman–Crippen LogP) is -2.74. The molecule has 2 aliphatic rings. The van der Waals surface area contributed by atoms with Gasteiger partial charge in [-0.15, -0.1) is 0 Å². The maximum atomic E-state index is 12.6. The summed E-state index contributed by atoms with van der Waals surface area (Å²) in [6.07, 6.45) is 0. The number of ketones is 1. The van der Waals surface area contributed by atoms with Crippen LogP contribution in [-0.2, 0) is 14.3 Å². The second-order valence-corrected chi connectivity index (χ2v) is 4.68. The van der Waals surface area contributed by atoms with Crippen LogP contribution in [0.4, 0.5) is 0 Å². The molecule has 2 aliphatic heterocycles. The number of carbonyl (C=O) groups is 1. The van der Waals surface area contributed by atoms with Crippen LogP contribution >= 0.6 is 0 Å². The zero-order chi connectivity index (χ0) is 13.1. The van der Waals surface area contributed by atoms with Crippen molar-refractivity contribution in [3.05, 3.63) is 0 Å². The second kappa shape index (κ2) is 5.60. The van der Waals surface area contributed by atoms with Crippen LogP contribution < -0.4 is 10.6 Å². The smallest absolute Gasteiger partial charge is 0.203 e. The molecule has 0 amide bonds. The van der Waals surface area contributed by atoms with Gasteiger partial charge in [0.25, 0.3) is 0 Å². The number of rotatable bonds is 4. The molecule has 0 saturated carbocycles. The number of aliphatic hydroxyl groups is 2. The van der Waals surface area contributed by atoms with E-state index in [2.05, 4.69) is 10.6 Å². The van der Waals surface area contributed by atoms with Gasteiger partial charge in [-0.25, -0.2) is 0 Å². The van der Waals surface area contributed by atoms with E-state index in [1.807, 2.05) is 0 Å². The zero-order valence-corrected chi connectivity index (χ0v) is 10.3. The van der Waals surface area contributed by atoms with Crippen LogP contribution in [0.1, 0.15) is 0 Å². The number of hydrogen-bond acceptors (Lipinski definition) is 7. The van der Waals surface area contributed by atoms with Crippen LogP contribution in [0.5, 0.6) is 0 Å². The average Bonchev–Trinajstić information content (AvgIpc) is 2.48. The Bertz CT molecular complexity index is 270. The fourth-order valence-electron chi connectivity index (χ4n) is 2.37. The molecular formula is C11H20N2O5. The van der Waals surface area contributed by atoms with Crippen molar-refractivity contribution in [2.24, 2.45) is 0 Å². The summed E-state index contributed by atoms with van der Waals surface area (Å²) in [5.41, 5.74) is -2.64. The van der Waals surface area contributed by atoms with Gasteiger partial charge in [0.05, 0.1) is 26.4 Å². The first-order valence-electron chi connectivity index (χ1n) is 6.15. The van der Waals surface area contributed by atoms with Crippen LogP contribution in [0.25, 0.3) is 0 Å². The number of ether oxygens (including phenoxy) is 2. The highest BCUT2D eigenvalue weighted by Gasteiger charge is 2.53. The predicted molar refractivity (Wildman–Crippen MR) is 62.3 cm³/mol. The van der Waals surface area contributed by atoms with Crippen molar-refractivity contribution in [3.63, 3.8) is 0 Å². The number of Topliss-reactive ketones (excluding diaryl/α,β-unsaturated/α-hetero) is 1. The number of nitrogens with one attached hydrogen (secondary N) is 2. The minimum absolute atomic E-state index is 0.230. The lowest BCUT2D eigenvalue weighted by Crippen LogP contribution is -2.69. The van der Waals surface area contributed by atoms with E-state index >= 15 is 0 Å². The molecule has 104 valence electrons. The van der Waals surface area contributed by atoms with Gasteiger partial charge in [-0.05, 0) is 0 Å². The summed E-state index contributed by atoms with van der Waals surface area (Å²) in [5.74, 6) is -0.403. The summed E-state index contributed by atoms with van der Waals surface area (Å²) in [4.78, 5) is 12.6. The third-order valence-corrected chi connectivity index (χ3v) is 3.47. The molecule has 2 fully saturated rings. The van der Waals surface area contributed by atoms with Crippen LogP contribution in [0, 0.1) is 0 Å². The molecule has 0 aromatic heterocycles. The molecule has 0 bridgehead atoms. The van der Waals surface area contributed by atoms with Crippen molar-refractivity contribution >= 4 is 5.78 Å². The van der Waals surface area contributed by atoms with Crippen molar-refractivity contribution < 1.29 is 24.5 Å². The van der Waals surface area contributed by atoms with E-state index in [9.17, 15) is 15.0 Å². The second-order valence-electron chi connectivity index (χ2n) is 4.68. The van der Waals surface area contributed by atoms with Crippen molar-refractivity contribution in [1.29, 1.82) is 0 Å². The molecule has 4 N–H and O–H groups in total. The molecule has 7 nitrogen and oxygen atoms in total. The Labute approximate surface area is 105 Å². The van der Waals surface area contributed by atoms with E-state index in [0.717, 1.165) is 0 Å². The van der Waals surface area contributed by atoms with E-state index in [4.69, 9.17) is 9.47 Å². The van der Waals surface area contributed by atoms with Crippen molar-refractivity contribution in [2.75, 3.05) is 52.6 Å². The Kier molecular flexibility index (Phi) is 4.31. The highest BCUT2D eigenvalue weighted by molar-refractivity contribution is 5.96. The van der Waals surface area contributed by atoms with Gasteiger partial charge in [-0.2, -0.15) is 0 Å².